The highest BCUT2D eigenvalue weighted by molar-refractivity contribution is 5.13. The summed E-state index contributed by atoms with van der Waals surface area (Å²) in [5, 5.41) is 0. The Kier molecular flexibility index (Phi) is 12.1. The van der Waals surface area contributed by atoms with E-state index in [1.807, 2.05) is 0 Å². The Morgan fingerprint density at radius 1 is 0.773 bits per heavy atom. The van der Waals surface area contributed by atoms with Gasteiger partial charge in [-0.2, -0.15) is 0 Å². The lowest BCUT2D eigenvalue weighted by Crippen LogP contribution is -2.05. The highest BCUT2D eigenvalue weighted by Gasteiger charge is 2.09. The molecule has 0 bridgehead atoms. The van der Waals surface area contributed by atoms with Crippen molar-refractivity contribution in [3.05, 3.63) is 35.9 Å². The van der Waals surface area contributed by atoms with Gasteiger partial charge in [-0.05, 0) is 24.0 Å². The molecule has 1 atom stereocenters. The summed E-state index contributed by atoms with van der Waals surface area (Å²) in [6.07, 6.45) is 18.2. The van der Waals surface area contributed by atoms with Gasteiger partial charge in [0.1, 0.15) is 0 Å². The van der Waals surface area contributed by atoms with Gasteiger partial charge in [0, 0.05) is 0 Å². The highest BCUT2D eigenvalue weighted by Crippen LogP contribution is 2.22. The summed E-state index contributed by atoms with van der Waals surface area (Å²) < 4.78 is 0. The first-order chi connectivity index (χ1) is 10.9. The zero-order chi connectivity index (χ0) is 15.9. The van der Waals surface area contributed by atoms with Crippen molar-refractivity contribution in [3.63, 3.8) is 0 Å². The maximum Gasteiger partial charge on any atom is -0.0149 e. The first-order valence-corrected chi connectivity index (χ1v) is 9.82. The molecule has 1 radical (unpaired) electrons. The molecule has 1 unspecified atom stereocenters. The molecule has 0 saturated carbocycles. The lowest BCUT2D eigenvalue weighted by atomic mass is 9.89. The third kappa shape index (κ3) is 10.0. The molecule has 1 aromatic rings. The van der Waals surface area contributed by atoms with Gasteiger partial charge in [-0.25, -0.2) is 0 Å². The van der Waals surface area contributed by atoms with Crippen molar-refractivity contribution in [2.45, 2.75) is 97.3 Å². The van der Waals surface area contributed by atoms with Gasteiger partial charge in [0.15, 0.2) is 0 Å². The van der Waals surface area contributed by atoms with Gasteiger partial charge in [0.25, 0.3) is 0 Å². The van der Waals surface area contributed by atoms with Gasteiger partial charge in [-0.1, -0.05) is 115 Å². The molecule has 0 nitrogen and oxygen atoms in total. The number of unbranched alkanes of at least 4 members (excludes halogenated alkanes) is 8. The Hall–Kier alpha value is -0.780. The van der Waals surface area contributed by atoms with E-state index in [0.29, 0.717) is 0 Å². The molecular formula is C22H37. The minimum absolute atomic E-state index is 0.877. The molecular weight excluding hydrogens is 264 g/mol. The van der Waals surface area contributed by atoms with E-state index in [2.05, 4.69) is 44.2 Å². The molecule has 0 N–H and O–H groups in total. The van der Waals surface area contributed by atoms with Gasteiger partial charge in [0.05, 0.1) is 0 Å². The van der Waals surface area contributed by atoms with Crippen LogP contribution in [0.1, 0.15) is 96.5 Å². The summed E-state index contributed by atoms with van der Waals surface area (Å²) in [6, 6.07) is 12.0. The minimum Gasteiger partial charge on any atom is -0.0654 e. The normalized spacial score (nSPS) is 12.5. The summed E-state index contributed by atoms with van der Waals surface area (Å²) >= 11 is 0. The molecule has 0 heterocycles. The Bertz CT molecular complexity index is 327. The Balaban J connectivity index is 2.27. The van der Waals surface area contributed by atoms with Crippen LogP contribution in [0.15, 0.2) is 24.3 Å². The van der Waals surface area contributed by atoms with Crippen molar-refractivity contribution in [1.29, 1.82) is 0 Å². The third-order valence-electron chi connectivity index (χ3n) is 4.71. The Labute approximate surface area is 139 Å². The van der Waals surface area contributed by atoms with E-state index in [0.717, 1.165) is 5.92 Å². The minimum atomic E-state index is 0.877. The van der Waals surface area contributed by atoms with Crippen molar-refractivity contribution in [1.82, 2.24) is 0 Å². The van der Waals surface area contributed by atoms with Crippen molar-refractivity contribution in [2.75, 3.05) is 0 Å². The van der Waals surface area contributed by atoms with Crippen LogP contribution in [0.4, 0.5) is 0 Å². The predicted molar refractivity (Wildman–Crippen MR) is 99.2 cm³/mol. The second kappa shape index (κ2) is 13.9. The summed E-state index contributed by atoms with van der Waals surface area (Å²) in [5.41, 5.74) is 1.41. The fraction of sp³-hybridized carbons (Fsp3) is 0.727. The number of rotatable bonds is 14. The van der Waals surface area contributed by atoms with Crippen molar-refractivity contribution in [2.24, 2.45) is 5.92 Å². The average molecular weight is 302 g/mol. The highest BCUT2D eigenvalue weighted by atomic mass is 14.1. The van der Waals surface area contributed by atoms with E-state index in [-0.39, 0.29) is 0 Å². The maximum atomic E-state index is 3.42. The van der Waals surface area contributed by atoms with Crippen molar-refractivity contribution < 1.29 is 0 Å². The standard InChI is InChI=1S/C22H37/c1-3-5-7-9-10-13-17-21(16-12-8-6-4-2)20-22-18-14-11-15-19-22/h11,14-15,18,21H,3-10,12-13,16-17,20H2,1-2H3. The predicted octanol–water partition coefficient (Wildman–Crippen LogP) is 7.37. The molecule has 1 rings (SSSR count). The summed E-state index contributed by atoms with van der Waals surface area (Å²) in [4.78, 5) is 0. The topological polar surface area (TPSA) is 0 Å². The average Bonchev–Trinajstić information content (AvgIpc) is 2.55. The van der Waals surface area contributed by atoms with Gasteiger partial charge >= 0.3 is 0 Å². The molecule has 1 aromatic carbocycles. The summed E-state index contributed by atoms with van der Waals surface area (Å²) in [7, 11) is 0. The zero-order valence-electron chi connectivity index (χ0n) is 15.1. The molecule has 0 aliphatic carbocycles. The van der Waals surface area contributed by atoms with Crippen molar-refractivity contribution >= 4 is 0 Å². The zero-order valence-corrected chi connectivity index (χ0v) is 15.1. The Morgan fingerprint density at radius 3 is 1.95 bits per heavy atom. The fourth-order valence-corrected chi connectivity index (χ4v) is 3.29. The largest absolute Gasteiger partial charge is 0.0654 e. The van der Waals surface area contributed by atoms with Gasteiger partial charge in [-0.3, -0.25) is 0 Å². The van der Waals surface area contributed by atoms with Crippen molar-refractivity contribution in [3.8, 4) is 0 Å². The molecule has 0 spiro atoms. The fourth-order valence-electron chi connectivity index (χ4n) is 3.29. The molecule has 0 saturated heterocycles. The van der Waals surface area contributed by atoms with Crippen LogP contribution in [0.5, 0.6) is 0 Å². The van der Waals surface area contributed by atoms with Crippen LogP contribution in [0.2, 0.25) is 0 Å². The van der Waals surface area contributed by atoms with Gasteiger partial charge < -0.3 is 0 Å². The molecule has 0 heteroatoms. The van der Waals surface area contributed by atoms with Crippen LogP contribution < -0.4 is 0 Å². The van der Waals surface area contributed by atoms with Crippen LogP contribution >= 0.6 is 0 Å². The molecule has 0 amide bonds. The van der Waals surface area contributed by atoms with Crippen LogP contribution in [0.3, 0.4) is 0 Å². The molecule has 0 aromatic heterocycles. The first kappa shape index (κ1) is 19.3. The molecule has 125 valence electrons. The van der Waals surface area contributed by atoms with Crippen LogP contribution in [-0.4, -0.2) is 0 Å². The van der Waals surface area contributed by atoms with Crippen LogP contribution in [-0.2, 0) is 6.42 Å². The number of hydrogen-bond acceptors (Lipinski definition) is 0. The molecule has 0 aliphatic heterocycles. The van der Waals surface area contributed by atoms with E-state index >= 15 is 0 Å². The van der Waals surface area contributed by atoms with Crippen LogP contribution in [0, 0.1) is 12.0 Å². The quantitative estimate of drug-likeness (QED) is 0.315. The van der Waals surface area contributed by atoms with Crippen LogP contribution in [0.25, 0.3) is 0 Å². The smallest absolute Gasteiger partial charge is 0.0149 e. The van der Waals surface area contributed by atoms with E-state index in [1.165, 1.54) is 89.0 Å². The lowest BCUT2D eigenvalue weighted by Gasteiger charge is -2.17. The molecule has 0 aliphatic rings. The van der Waals surface area contributed by atoms with E-state index < -0.39 is 0 Å². The molecule has 22 heavy (non-hydrogen) atoms. The van der Waals surface area contributed by atoms with E-state index in [9.17, 15) is 0 Å². The lowest BCUT2D eigenvalue weighted by molar-refractivity contribution is 0.402. The van der Waals surface area contributed by atoms with E-state index in [4.69, 9.17) is 0 Å². The summed E-state index contributed by atoms with van der Waals surface area (Å²) in [6.45, 7) is 4.59. The SMILES string of the molecule is CCCCCCCCC(CCCCCC)Cc1[c]cccc1. The number of benzene rings is 1. The van der Waals surface area contributed by atoms with Gasteiger partial charge in [0.2, 0.25) is 0 Å². The number of hydrogen-bond donors (Lipinski definition) is 0. The van der Waals surface area contributed by atoms with E-state index in [1.54, 1.807) is 0 Å². The Morgan fingerprint density at radius 2 is 1.36 bits per heavy atom. The second-order valence-corrected chi connectivity index (χ2v) is 6.86. The second-order valence-electron chi connectivity index (χ2n) is 6.86. The summed E-state index contributed by atoms with van der Waals surface area (Å²) in [5.74, 6) is 0.877. The third-order valence-corrected chi connectivity index (χ3v) is 4.71. The molecule has 0 fully saturated rings. The monoisotopic (exact) mass is 301 g/mol. The first-order valence-electron chi connectivity index (χ1n) is 9.82. The van der Waals surface area contributed by atoms with Gasteiger partial charge in [-0.15, -0.1) is 0 Å². The maximum absolute atomic E-state index is 3.42.